The molecular weight excluding hydrogens is 476 g/mol. The number of halogens is 2. The minimum Gasteiger partial charge on any atom is -0.303 e. The number of rotatable bonds is 9. The van der Waals surface area contributed by atoms with Gasteiger partial charge in [0, 0.05) is 27.1 Å². The largest absolute Gasteiger partial charge is 0.303 e. The zero-order chi connectivity index (χ0) is 20.7. The van der Waals surface area contributed by atoms with Gasteiger partial charge in [-0.2, -0.15) is 5.26 Å². The van der Waals surface area contributed by atoms with Crippen LogP contribution in [0.4, 0.5) is 0 Å². The summed E-state index contributed by atoms with van der Waals surface area (Å²) in [5.41, 5.74) is 1.92. The van der Waals surface area contributed by atoms with Gasteiger partial charge in [0.25, 0.3) is 0 Å². The molecule has 0 amide bonds. The highest BCUT2D eigenvalue weighted by atomic mass is 79.9. The van der Waals surface area contributed by atoms with Crippen molar-refractivity contribution in [3.05, 3.63) is 68.6 Å². The van der Waals surface area contributed by atoms with E-state index in [0.717, 1.165) is 40.3 Å². The fourth-order valence-corrected chi connectivity index (χ4v) is 5.40. The minimum absolute atomic E-state index is 0.217. The van der Waals surface area contributed by atoms with Gasteiger partial charge < -0.3 is 4.90 Å². The molecule has 0 aliphatic heterocycles. The molecule has 0 bridgehead atoms. The van der Waals surface area contributed by atoms with E-state index >= 15 is 0 Å². The van der Waals surface area contributed by atoms with Gasteiger partial charge in [-0.15, -0.1) is 0 Å². The summed E-state index contributed by atoms with van der Waals surface area (Å²) in [6, 6.07) is 19.8. The number of benzene rings is 2. The maximum absolute atomic E-state index is 10.2. The first kappa shape index (κ1) is 23.1. The summed E-state index contributed by atoms with van der Waals surface area (Å²) in [4.78, 5) is 2.41. The average molecular weight is 506 g/mol. The van der Waals surface area contributed by atoms with Crippen molar-refractivity contribution in [2.45, 2.75) is 51.5 Å². The SMILES string of the molecule is CC(CCC(C#N)(c1c(Br)cccc1Br)C(C)C)N(C)CCc1ccccc1. The Morgan fingerprint density at radius 2 is 1.61 bits per heavy atom. The lowest BCUT2D eigenvalue weighted by Gasteiger charge is -2.35. The van der Waals surface area contributed by atoms with Crippen molar-refractivity contribution in [3.8, 4) is 6.07 Å². The van der Waals surface area contributed by atoms with Crippen LogP contribution < -0.4 is 0 Å². The molecular formula is C24H30Br2N2. The maximum atomic E-state index is 10.2. The molecule has 0 aliphatic rings. The number of nitrogens with zero attached hydrogens (tertiary/aromatic N) is 2. The van der Waals surface area contributed by atoms with Crippen LogP contribution in [0.15, 0.2) is 57.5 Å². The smallest absolute Gasteiger partial charge is 0.0867 e. The molecule has 2 atom stereocenters. The molecule has 2 unspecified atom stereocenters. The lowest BCUT2D eigenvalue weighted by molar-refractivity contribution is 0.225. The Hall–Kier alpha value is -1.15. The van der Waals surface area contributed by atoms with E-state index in [2.05, 4.69) is 101 Å². The molecule has 0 aliphatic carbocycles. The van der Waals surface area contributed by atoms with E-state index in [1.807, 2.05) is 18.2 Å². The summed E-state index contributed by atoms with van der Waals surface area (Å²) in [6.07, 6.45) is 2.86. The van der Waals surface area contributed by atoms with Crippen molar-refractivity contribution >= 4 is 31.9 Å². The van der Waals surface area contributed by atoms with Crippen molar-refractivity contribution in [1.29, 1.82) is 5.26 Å². The predicted molar refractivity (Wildman–Crippen MR) is 125 cm³/mol. The minimum atomic E-state index is -0.520. The van der Waals surface area contributed by atoms with Gasteiger partial charge in [0.1, 0.15) is 0 Å². The average Bonchev–Trinajstić information content (AvgIpc) is 2.68. The molecule has 28 heavy (non-hydrogen) atoms. The molecule has 150 valence electrons. The Morgan fingerprint density at radius 3 is 2.14 bits per heavy atom. The van der Waals surface area contributed by atoms with Crippen molar-refractivity contribution in [1.82, 2.24) is 4.90 Å². The van der Waals surface area contributed by atoms with Crippen LogP contribution in [0.25, 0.3) is 0 Å². The summed E-state index contributed by atoms with van der Waals surface area (Å²) in [5.74, 6) is 0.217. The van der Waals surface area contributed by atoms with Crippen LogP contribution in [0.2, 0.25) is 0 Å². The van der Waals surface area contributed by atoms with E-state index < -0.39 is 5.41 Å². The monoisotopic (exact) mass is 504 g/mol. The summed E-state index contributed by atoms with van der Waals surface area (Å²) < 4.78 is 2.00. The standard InChI is InChI=1S/C24H30Br2N2/c1-18(2)24(17-27,23-21(25)11-8-12-22(23)26)15-13-19(3)28(4)16-14-20-9-6-5-7-10-20/h5-12,18-19H,13-16H2,1-4H3. The first-order chi connectivity index (χ1) is 13.3. The molecule has 0 saturated carbocycles. The highest BCUT2D eigenvalue weighted by molar-refractivity contribution is 9.11. The molecule has 0 aromatic heterocycles. The quantitative estimate of drug-likeness (QED) is 0.367. The molecule has 0 fully saturated rings. The third-order valence-corrected chi connectivity index (χ3v) is 7.22. The first-order valence-corrected chi connectivity index (χ1v) is 11.5. The Kier molecular flexibility index (Phi) is 8.74. The van der Waals surface area contributed by atoms with Crippen LogP contribution in [0.3, 0.4) is 0 Å². The second kappa shape index (κ2) is 10.6. The van der Waals surface area contributed by atoms with E-state index in [0.29, 0.717) is 6.04 Å². The molecule has 0 spiro atoms. The fraction of sp³-hybridized carbons (Fsp3) is 0.458. The Morgan fingerprint density at radius 1 is 1.00 bits per heavy atom. The van der Waals surface area contributed by atoms with Crippen LogP contribution in [0.1, 0.15) is 44.7 Å². The van der Waals surface area contributed by atoms with E-state index in [-0.39, 0.29) is 5.92 Å². The van der Waals surface area contributed by atoms with Gasteiger partial charge in [0.2, 0.25) is 0 Å². The Bertz CT molecular complexity index is 778. The zero-order valence-corrected chi connectivity index (χ0v) is 20.4. The molecule has 2 nitrogen and oxygen atoms in total. The molecule has 4 heteroatoms. The summed E-state index contributed by atoms with van der Waals surface area (Å²) in [7, 11) is 2.19. The molecule has 2 rings (SSSR count). The van der Waals surface area contributed by atoms with Crippen LogP contribution in [0.5, 0.6) is 0 Å². The topological polar surface area (TPSA) is 27.0 Å². The second-order valence-corrected chi connectivity index (χ2v) is 9.65. The number of likely N-dealkylation sites (N-methyl/N-ethyl adjacent to an activating group) is 1. The Balaban J connectivity index is 2.10. The normalized spacial score (nSPS) is 14.7. The van der Waals surface area contributed by atoms with Crippen molar-refractivity contribution < 1.29 is 0 Å². The molecule has 0 heterocycles. The maximum Gasteiger partial charge on any atom is 0.0867 e. The van der Waals surface area contributed by atoms with Crippen molar-refractivity contribution in [2.75, 3.05) is 13.6 Å². The van der Waals surface area contributed by atoms with Crippen LogP contribution in [-0.4, -0.2) is 24.5 Å². The summed E-state index contributed by atoms with van der Waals surface area (Å²) >= 11 is 7.37. The molecule has 0 saturated heterocycles. The van der Waals surface area contributed by atoms with Gasteiger partial charge in [-0.1, -0.05) is 82.1 Å². The van der Waals surface area contributed by atoms with E-state index in [9.17, 15) is 5.26 Å². The summed E-state index contributed by atoms with van der Waals surface area (Å²) in [5, 5.41) is 10.2. The van der Waals surface area contributed by atoms with Crippen molar-refractivity contribution in [3.63, 3.8) is 0 Å². The summed E-state index contributed by atoms with van der Waals surface area (Å²) in [6.45, 7) is 7.59. The number of nitriles is 1. The lowest BCUT2D eigenvalue weighted by atomic mass is 9.69. The highest BCUT2D eigenvalue weighted by Crippen LogP contribution is 2.44. The third-order valence-electron chi connectivity index (χ3n) is 5.90. The second-order valence-electron chi connectivity index (χ2n) is 7.94. The van der Waals surface area contributed by atoms with E-state index in [1.165, 1.54) is 5.56 Å². The first-order valence-electron chi connectivity index (χ1n) is 9.91. The predicted octanol–water partition coefficient (Wildman–Crippen LogP) is 6.97. The number of hydrogen-bond donors (Lipinski definition) is 0. The van der Waals surface area contributed by atoms with Crippen molar-refractivity contribution in [2.24, 2.45) is 5.92 Å². The molecule has 0 N–H and O–H groups in total. The Labute approximate surface area is 187 Å². The highest BCUT2D eigenvalue weighted by Gasteiger charge is 2.39. The third kappa shape index (κ3) is 5.47. The van der Waals surface area contributed by atoms with Gasteiger partial charge in [0.05, 0.1) is 11.5 Å². The van der Waals surface area contributed by atoms with Gasteiger partial charge in [-0.05, 0) is 56.8 Å². The van der Waals surface area contributed by atoms with Gasteiger partial charge in [-0.25, -0.2) is 0 Å². The molecule has 2 aromatic carbocycles. The van der Waals surface area contributed by atoms with E-state index in [1.54, 1.807) is 0 Å². The van der Waals surface area contributed by atoms with Gasteiger partial charge in [0.15, 0.2) is 0 Å². The van der Waals surface area contributed by atoms with Crippen LogP contribution in [-0.2, 0) is 11.8 Å². The zero-order valence-electron chi connectivity index (χ0n) is 17.3. The van der Waals surface area contributed by atoms with E-state index in [4.69, 9.17) is 0 Å². The van der Waals surface area contributed by atoms with Crippen LogP contribution >= 0.6 is 31.9 Å². The van der Waals surface area contributed by atoms with Gasteiger partial charge in [-0.3, -0.25) is 0 Å². The molecule has 2 aromatic rings. The fourth-order valence-electron chi connectivity index (χ4n) is 3.69. The molecule has 0 radical (unpaired) electrons. The lowest BCUT2D eigenvalue weighted by Crippen LogP contribution is -2.36. The van der Waals surface area contributed by atoms with Gasteiger partial charge >= 0.3 is 0 Å². The number of hydrogen-bond acceptors (Lipinski definition) is 2. The van der Waals surface area contributed by atoms with Crippen LogP contribution in [0, 0.1) is 17.2 Å².